The highest BCUT2D eigenvalue weighted by atomic mass is 35.5. The van der Waals surface area contributed by atoms with Crippen LogP contribution in [-0.4, -0.2) is 37.3 Å². The molecule has 2 atom stereocenters. The van der Waals surface area contributed by atoms with Gasteiger partial charge in [-0.05, 0) is 66.9 Å². The maximum absolute atomic E-state index is 13.2. The van der Waals surface area contributed by atoms with Crippen LogP contribution in [0.2, 0.25) is 10.0 Å². The maximum atomic E-state index is 13.2. The summed E-state index contributed by atoms with van der Waals surface area (Å²) in [6, 6.07) is 26.5. The lowest BCUT2D eigenvalue weighted by Gasteiger charge is -2.21. The van der Waals surface area contributed by atoms with Crippen molar-refractivity contribution in [3.05, 3.63) is 123 Å². The Morgan fingerprint density at radius 2 is 1.61 bits per heavy atom. The summed E-state index contributed by atoms with van der Waals surface area (Å²) >= 11 is 12.1. The van der Waals surface area contributed by atoms with Gasteiger partial charge in [0.05, 0.1) is 18.3 Å². The van der Waals surface area contributed by atoms with E-state index in [4.69, 9.17) is 37.4 Å². The number of halogens is 2. The number of hydrogen-bond acceptors (Lipinski definition) is 6. The van der Waals surface area contributed by atoms with Crippen LogP contribution in [0.1, 0.15) is 29.2 Å². The Kier molecular flexibility index (Phi) is 11.6. The minimum absolute atomic E-state index is 0.239. The second-order valence-corrected chi connectivity index (χ2v) is 10.9. The quantitative estimate of drug-likeness (QED) is 0.129. The van der Waals surface area contributed by atoms with E-state index in [0.717, 1.165) is 16.7 Å². The summed E-state index contributed by atoms with van der Waals surface area (Å²) in [5, 5.41) is 7.60. The minimum atomic E-state index is -0.942. The molecule has 0 fully saturated rings. The zero-order chi connectivity index (χ0) is 31.5. The summed E-state index contributed by atoms with van der Waals surface area (Å²) in [6.07, 6.45) is 0.784. The largest absolute Gasteiger partial charge is 0.493 e. The fraction of sp³-hybridized carbons (Fsp3) is 0.206. The number of benzene rings is 4. The lowest BCUT2D eigenvalue weighted by Crippen LogP contribution is -2.50. The van der Waals surface area contributed by atoms with Crippen LogP contribution < -0.4 is 25.0 Å². The molecule has 0 aromatic heterocycles. The summed E-state index contributed by atoms with van der Waals surface area (Å²) in [5.41, 5.74) is 6.27. The molecule has 0 unspecified atom stereocenters. The highest BCUT2D eigenvalue weighted by Crippen LogP contribution is 2.29. The van der Waals surface area contributed by atoms with E-state index in [1.807, 2.05) is 55.5 Å². The standard InChI is InChI=1S/C34H33Cl2N3O5/c1-22-8-7-11-26(16-22)21-43-31-14-12-25(18-32(31)42-3)20-37-39-34(41)29(17-24-9-5-4-6-10-24)38-33(40)23(2)44-30-15-13-27(35)19-28(30)36/h4-16,18-20,23,29H,17,21H2,1-3H3,(H,38,40)(H,39,41)/b37-20-/t23-,29-/m0/s1. The second kappa shape index (κ2) is 15.8. The van der Waals surface area contributed by atoms with E-state index in [9.17, 15) is 9.59 Å². The first-order valence-electron chi connectivity index (χ1n) is 13.9. The lowest BCUT2D eigenvalue weighted by molar-refractivity contribution is -0.132. The molecule has 2 amide bonds. The molecule has 0 aliphatic heterocycles. The van der Waals surface area contributed by atoms with E-state index < -0.39 is 24.0 Å². The molecule has 2 N–H and O–H groups in total. The Balaban J connectivity index is 1.40. The van der Waals surface area contributed by atoms with Gasteiger partial charge in [-0.25, -0.2) is 5.43 Å². The van der Waals surface area contributed by atoms with Crippen molar-refractivity contribution >= 4 is 41.2 Å². The average Bonchev–Trinajstić information content (AvgIpc) is 3.01. The van der Waals surface area contributed by atoms with Gasteiger partial charge in [-0.15, -0.1) is 0 Å². The van der Waals surface area contributed by atoms with Crippen molar-refractivity contribution in [2.75, 3.05) is 7.11 Å². The SMILES string of the molecule is COc1cc(/C=N\NC(=O)[C@H](Cc2ccccc2)NC(=O)[C@H](C)Oc2ccc(Cl)cc2Cl)ccc1OCc1cccc(C)c1. The van der Waals surface area contributed by atoms with Gasteiger partial charge in [0.15, 0.2) is 17.6 Å². The molecule has 10 heteroatoms. The van der Waals surface area contributed by atoms with Crippen LogP contribution in [0.15, 0.2) is 96.1 Å². The lowest BCUT2D eigenvalue weighted by atomic mass is 10.1. The molecule has 4 aromatic carbocycles. The van der Waals surface area contributed by atoms with Crippen molar-refractivity contribution in [3.8, 4) is 17.2 Å². The Bertz CT molecular complexity index is 1610. The van der Waals surface area contributed by atoms with E-state index in [0.29, 0.717) is 34.4 Å². The van der Waals surface area contributed by atoms with Gasteiger partial charge in [0.2, 0.25) is 0 Å². The molecule has 0 radical (unpaired) electrons. The fourth-order valence-electron chi connectivity index (χ4n) is 4.26. The first-order valence-corrected chi connectivity index (χ1v) is 14.6. The monoisotopic (exact) mass is 633 g/mol. The Hall–Kier alpha value is -4.53. The van der Waals surface area contributed by atoms with E-state index >= 15 is 0 Å². The van der Waals surface area contributed by atoms with Crippen LogP contribution in [0.25, 0.3) is 0 Å². The summed E-state index contributed by atoms with van der Waals surface area (Å²) in [5.74, 6) is 0.408. The molecule has 0 saturated carbocycles. The predicted octanol–water partition coefficient (Wildman–Crippen LogP) is 6.53. The molecule has 4 aromatic rings. The fourth-order valence-corrected chi connectivity index (χ4v) is 4.71. The molecule has 228 valence electrons. The van der Waals surface area contributed by atoms with Crippen LogP contribution in [0, 0.1) is 6.92 Å². The molecule has 4 rings (SSSR count). The Morgan fingerprint density at radius 1 is 0.864 bits per heavy atom. The number of amides is 2. The first kappa shape index (κ1) is 32.4. The maximum Gasteiger partial charge on any atom is 0.262 e. The van der Waals surface area contributed by atoms with Crippen LogP contribution in [0.5, 0.6) is 17.2 Å². The second-order valence-electron chi connectivity index (χ2n) is 10.0. The highest BCUT2D eigenvalue weighted by molar-refractivity contribution is 6.35. The Morgan fingerprint density at radius 3 is 2.34 bits per heavy atom. The zero-order valence-corrected chi connectivity index (χ0v) is 26.1. The number of nitrogens with one attached hydrogen (secondary N) is 2. The van der Waals surface area contributed by atoms with Gasteiger partial charge in [0, 0.05) is 11.4 Å². The average molecular weight is 635 g/mol. The third-order valence-corrected chi connectivity index (χ3v) is 7.07. The van der Waals surface area contributed by atoms with Gasteiger partial charge in [-0.3, -0.25) is 9.59 Å². The number of hydrazone groups is 1. The summed E-state index contributed by atoms with van der Waals surface area (Å²) in [4.78, 5) is 26.2. The van der Waals surface area contributed by atoms with Crippen molar-refractivity contribution in [3.63, 3.8) is 0 Å². The van der Waals surface area contributed by atoms with Crippen molar-refractivity contribution in [1.29, 1.82) is 0 Å². The van der Waals surface area contributed by atoms with Gasteiger partial charge in [0.25, 0.3) is 11.8 Å². The van der Waals surface area contributed by atoms with Gasteiger partial charge in [-0.2, -0.15) is 5.10 Å². The molecular weight excluding hydrogens is 601 g/mol. The topological polar surface area (TPSA) is 98.2 Å². The number of methoxy groups -OCH3 is 1. The van der Waals surface area contributed by atoms with Crippen molar-refractivity contribution in [1.82, 2.24) is 10.7 Å². The van der Waals surface area contributed by atoms with Gasteiger partial charge >= 0.3 is 0 Å². The normalized spacial score (nSPS) is 12.3. The molecule has 44 heavy (non-hydrogen) atoms. The van der Waals surface area contributed by atoms with Crippen LogP contribution in [0.4, 0.5) is 0 Å². The molecule has 0 aliphatic rings. The van der Waals surface area contributed by atoms with Crippen LogP contribution in [-0.2, 0) is 22.6 Å². The Labute approximate surface area is 266 Å². The number of hydrogen-bond donors (Lipinski definition) is 2. The first-order chi connectivity index (χ1) is 21.2. The number of rotatable bonds is 13. The van der Waals surface area contributed by atoms with Gasteiger partial charge < -0.3 is 19.5 Å². The van der Waals surface area contributed by atoms with Gasteiger partial charge in [-0.1, -0.05) is 83.4 Å². The number of carbonyl (C=O) groups excluding carboxylic acids is 2. The van der Waals surface area contributed by atoms with Gasteiger partial charge in [0.1, 0.15) is 18.4 Å². The van der Waals surface area contributed by atoms with E-state index in [1.54, 1.807) is 44.4 Å². The molecule has 0 saturated heterocycles. The number of aryl methyl sites for hydroxylation is 1. The highest BCUT2D eigenvalue weighted by Gasteiger charge is 2.25. The zero-order valence-electron chi connectivity index (χ0n) is 24.6. The van der Waals surface area contributed by atoms with E-state index in [2.05, 4.69) is 21.9 Å². The molecule has 0 spiro atoms. The smallest absolute Gasteiger partial charge is 0.262 e. The molecule has 0 aliphatic carbocycles. The molecule has 8 nitrogen and oxygen atoms in total. The number of ether oxygens (including phenoxy) is 3. The van der Waals surface area contributed by atoms with Crippen LogP contribution in [0.3, 0.4) is 0 Å². The van der Waals surface area contributed by atoms with E-state index in [1.165, 1.54) is 12.3 Å². The summed E-state index contributed by atoms with van der Waals surface area (Å²) < 4.78 is 17.2. The predicted molar refractivity (Wildman–Crippen MR) is 173 cm³/mol. The summed E-state index contributed by atoms with van der Waals surface area (Å²) in [6.45, 7) is 3.99. The van der Waals surface area contributed by atoms with Crippen molar-refractivity contribution < 1.29 is 23.8 Å². The number of carbonyl (C=O) groups is 2. The van der Waals surface area contributed by atoms with Crippen molar-refractivity contribution in [2.45, 2.75) is 39.0 Å². The third kappa shape index (κ3) is 9.49. The molecule has 0 bridgehead atoms. The molecule has 0 heterocycles. The third-order valence-electron chi connectivity index (χ3n) is 6.54. The van der Waals surface area contributed by atoms with E-state index in [-0.39, 0.29) is 11.4 Å². The van der Waals surface area contributed by atoms with Crippen LogP contribution >= 0.6 is 23.2 Å². The minimum Gasteiger partial charge on any atom is -0.493 e. The molecular formula is C34H33Cl2N3O5. The number of nitrogens with zero attached hydrogens (tertiary/aromatic N) is 1. The van der Waals surface area contributed by atoms with Crippen molar-refractivity contribution in [2.24, 2.45) is 5.10 Å². The summed E-state index contributed by atoms with van der Waals surface area (Å²) in [7, 11) is 1.56.